The number of aromatic nitrogens is 1. The van der Waals surface area contributed by atoms with Crippen molar-refractivity contribution in [1.29, 1.82) is 0 Å². The van der Waals surface area contributed by atoms with Gasteiger partial charge >= 0.3 is 12.7 Å². The first kappa shape index (κ1) is 22.6. The highest BCUT2D eigenvalue weighted by atomic mass is 19.3. The van der Waals surface area contributed by atoms with Crippen LogP contribution in [0.3, 0.4) is 0 Å². The number of hydrogen-bond donors (Lipinski definition) is 1. The molecular weight excluding hydrogens is 408 g/mol. The standard InChI is InChI=1S/C22H27F2N3O4/c1-22(2,3)31-21(28)27-10-9-16(14-27)29-19-12-17(30-20(23)24)11-18(26-19)25-13-15-7-5-4-6-8-15/h4-8,11-12,16,20H,9-10,13-14H2,1-3H3,(H,25,26)/t16-/m0/s1. The van der Waals surface area contributed by atoms with E-state index in [0.717, 1.165) is 5.56 Å². The van der Waals surface area contributed by atoms with Gasteiger partial charge in [0.25, 0.3) is 0 Å². The van der Waals surface area contributed by atoms with Crippen molar-refractivity contribution in [3.05, 3.63) is 48.0 Å². The van der Waals surface area contributed by atoms with Gasteiger partial charge in [-0.15, -0.1) is 0 Å². The lowest BCUT2D eigenvalue weighted by molar-refractivity contribution is -0.0500. The summed E-state index contributed by atoms with van der Waals surface area (Å²) in [6.07, 6.45) is -0.163. The van der Waals surface area contributed by atoms with Gasteiger partial charge in [-0.05, 0) is 26.3 Å². The molecule has 168 valence electrons. The Hall–Kier alpha value is -3.10. The minimum Gasteiger partial charge on any atom is -0.472 e. The Balaban J connectivity index is 1.66. The van der Waals surface area contributed by atoms with Crippen LogP contribution in [0.15, 0.2) is 42.5 Å². The first-order valence-corrected chi connectivity index (χ1v) is 10.1. The first-order valence-electron chi connectivity index (χ1n) is 10.1. The molecule has 0 unspecified atom stereocenters. The summed E-state index contributed by atoms with van der Waals surface area (Å²) >= 11 is 0. The van der Waals surface area contributed by atoms with E-state index in [9.17, 15) is 13.6 Å². The van der Waals surface area contributed by atoms with Gasteiger partial charge in [0.15, 0.2) is 0 Å². The number of carbonyl (C=O) groups is 1. The topological polar surface area (TPSA) is 72.9 Å². The maximum Gasteiger partial charge on any atom is 0.410 e. The van der Waals surface area contributed by atoms with Crippen LogP contribution in [0, 0.1) is 0 Å². The fourth-order valence-electron chi connectivity index (χ4n) is 3.08. The van der Waals surface area contributed by atoms with Gasteiger partial charge in [0.05, 0.1) is 6.54 Å². The van der Waals surface area contributed by atoms with Gasteiger partial charge in [0.2, 0.25) is 5.88 Å². The SMILES string of the molecule is CC(C)(C)OC(=O)N1CC[C@H](Oc2cc(OC(F)F)cc(NCc3ccccc3)n2)C1. The third kappa shape index (κ3) is 7.27. The van der Waals surface area contributed by atoms with Gasteiger partial charge in [0.1, 0.15) is 23.3 Å². The van der Waals surface area contributed by atoms with Gasteiger partial charge in [-0.25, -0.2) is 4.79 Å². The van der Waals surface area contributed by atoms with E-state index in [1.165, 1.54) is 12.1 Å². The molecule has 3 rings (SSSR count). The van der Waals surface area contributed by atoms with E-state index >= 15 is 0 Å². The zero-order chi connectivity index (χ0) is 22.4. The van der Waals surface area contributed by atoms with Crippen LogP contribution in [-0.2, 0) is 11.3 Å². The number of hydrogen-bond acceptors (Lipinski definition) is 6. The van der Waals surface area contributed by atoms with Gasteiger partial charge < -0.3 is 24.4 Å². The Morgan fingerprint density at radius 3 is 2.68 bits per heavy atom. The second-order valence-corrected chi connectivity index (χ2v) is 8.20. The lowest BCUT2D eigenvalue weighted by Gasteiger charge is -2.24. The molecule has 1 saturated heterocycles. The molecular formula is C22H27F2N3O4. The van der Waals surface area contributed by atoms with Crippen LogP contribution in [0.2, 0.25) is 0 Å². The third-order valence-electron chi connectivity index (χ3n) is 4.40. The third-order valence-corrected chi connectivity index (χ3v) is 4.40. The maximum absolute atomic E-state index is 12.8. The van der Waals surface area contributed by atoms with E-state index in [0.29, 0.717) is 31.9 Å². The monoisotopic (exact) mass is 435 g/mol. The number of amides is 1. The summed E-state index contributed by atoms with van der Waals surface area (Å²) < 4.78 is 41.3. The van der Waals surface area contributed by atoms with E-state index < -0.39 is 18.3 Å². The predicted molar refractivity (Wildman–Crippen MR) is 111 cm³/mol. The number of nitrogens with one attached hydrogen (secondary N) is 1. The zero-order valence-corrected chi connectivity index (χ0v) is 17.8. The lowest BCUT2D eigenvalue weighted by Crippen LogP contribution is -2.36. The van der Waals surface area contributed by atoms with Crippen molar-refractivity contribution in [3.8, 4) is 11.6 Å². The molecule has 0 saturated carbocycles. The molecule has 1 aromatic carbocycles. The second kappa shape index (κ2) is 9.80. The molecule has 1 N–H and O–H groups in total. The van der Waals surface area contributed by atoms with Gasteiger partial charge in [-0.1, -0.05) is 30.3 Å². The Bertz CT molecular complexity index is 875. The van der Waals surface area contributed by atoms with Crippen molar-refractivity contribution < 1.29 is 27.8 Å². The summed E-state index contributed by atoms with van der Waals surface area (Å²) in [6.45, 7) is 3.70. The average molecular weight is 435 g/mol. The van der Waals surface area contributed by atoms with E-state index in [-0.39, 0.29) is 17.7 Å². The lowest BCUT2D eigenvalue weighted by atomic mass is 10.2. The number of anilines is 1. The van der Waals surface area contributed by atoms with Crippen LogP contribution in [0.4, 0.5) is 19.4 Å². The number of rotatable bonds is 7. The molecule has 1 aliphatic rings. The average Bonchev–Trinajstić information content (AvgIpc) is 3.14. The highest BCUT2D eigenvalue weighted by molar-refractivity contribution is 5.68. The highest BCUT2D eigenvalue weighted by Gasteiger charge is 2.31. The molecule has 1 aliphatic heterocycles. The van der Waals surface area contributed by atoms with Crippen LogP contribution in [0.5, 0.6) is 11.6 Å². The van der Waals surface area contributed by atoms with Crippen LogP contribution >= 0.6 is 0 Å². The minimum absolute atomic E-state index is 0.0578. The normalized spacial score (nSPS) is 16.3. The molecule has 0 spiro atoms. The molecule has 2 aromatic rings. The molecule has 1 fully saturated rings. The number of alkyl halides is 2. The van der Waals surface area contributed by atoms with Crippen LogP contribution in [-0.4, -0.2) is 47.4 Å². The van der Waals surface area contributed by atoms with Gasteiger partial charge in [-0.2, -0.15) is 13.8 Å². The van der Waals surface area contributed by atoms with Crippen LogP contribution < -0.4 is 14.8 Å². The number of likely N-dealkylation sites (tertiary alicyclic amines) is 1. The number of nitrogens with zero attached hydrogens (tertiary/aromatic N) is 2. The van der Waals surface area contributed by atoms with E-state index in [2.05, 4.69) is 15.0 Å². The number of benzene rings is 1. The quantitative estimate of drug-likeness (QED) is 0.681. The van der Waals surface area contributed by atoms with Crippen molar-refractivity contribution in [2.45, 2.75) is 52.1 Å². The van der Waals surface area contributed by atoms with E-state index in [1.807, 2.05) is 30.3 Å². The maximum atomic E-state index is 12.8. The Morgan fingerprint density at radius 1 is 1.26 bits per heavy atom. The molecule has 0 aliphatic carbocycles. The summed E-state index contributed by atoms with van der Waals surface area (Å²) in [5.41, 5.74) is 0.424. The molecule has 1 atom stereocenters. The molecule has 9 heteroatoms. The largest absolute Gasteiger partial charge is 0.472 e. The van der Waals surface area contributed by atoms with Crippen molar-refractivity contribution in [1.82, 2.24) is 9.88 Å². The summed E-state index contributed by atoms with van der Waals surface area (Å²) in [5, 5.41) is 3.09. The number of pyridine rings is 1. The van der Waals surface area contributed by atoms with E-state index in [4.69, 9.17) is 9.47 Å². The molecule has 1 aromatic heterocycles. The first-order chi connectivity index (χ1) is 14.7. The van der Waals surface area contributed by atoms with Crippen molar-refractivity contribution in [3.63, 3.8) is 0 Å². The molecule has 7 nitrogen and oxygen atoms in total. The minimum atomic E-state index is -2.97. The van der Waals surface area contributed by atoms with Crippen LogP contribution in [0.1, 0.15) is 32.8 Å². The predicted octanol–water partition coefficient (Wildman–Crippen LogP) is 4.68. The summed E-state index contributed by atoms with van der Waals surface area (Å²) in [4.78, 5) is 18.1. The summed E-state index contributed by atoms with van der Waals surface area (Å²) in [6, 6.07) is 12.3. The molecule has 2 heterocycles. The molecule has 0 bridgehead atoms. The molecule has 0 radical (unpaired) electrons. The molecule has 31 heavy (non-hydrogen) atoms. The Kier molecular flexibility index (Phi) is 7.14. The van der Waals surface area contributed by atoms with Gasteiger partial charge in [0, 0.05) is 31.6 Å². The smallest absolute Gasteiger partial charge is 0.410 e. The zero-order valence-electron chi connectivity index (χ0n) is 17.8. The Labute approximate surface area is 180 Å². The summed E-state index contributed by atoms with van der Waals surface area (Å²) in [7, 11) is 0. The summed E-state index contributed by atoms with van der Waals surface area (Å²) in [5.74, 6) is 0.432. The second-order valence-electron chi connectivity index (χ2n) is 8.20. The van der Waals surface area contributed by atoms with Crippen LogP contribution in [0.25, 0.3) is 0 Å². The van der Waals surface area contributed by atoms with Crippen molar-refractivity contribution >= 4 is 11.9 Å². The number of halogens is 2. The van der Waals surface area contributed by atoms with E-state index in [1.54, 1.807) is 25.7 Å². The number of ether oxygens (including phenoxy) is 3. The van der Waals surface area contributed by atoms with Crippen molar-refractivity contribution in [2.24, 2.45) is 0 Å². The van der Waals surface area contributed by atoms with Crippen molar-refractivity contribution in [2.75, 3.05) is 18.4 Å². The molecule has 1 amide bonds. The fourth-order valence-corrected chi connectivity index (χ4v) is 3.08. The fraction of sp³-hybridized carbons (Fsp3) is 0.455. The number of carbonyl (C=O) groups excluding carboxylic acids is 1. The Morgan fingerprint density at radius 2 is 2.00 bits per heavy atom. The highest BCUT2D eigenvalue weighted by Crippen LogP contribution is 2.27. The van der Waals surface area contributed by atoms with Gasteiger partial charge in [-0.3, -0.25) is 0 Å².